The predicted octanol–water partition coefficient (Wildman–Crippen LogP) is 4.97. The van der Waals surface area contributed by atoms with Crippen molar-refractivity contribution in [2.75, 3.05) is 6.26 Å². The molecule has 2 N–H and O–H groups in total. The molecule has 0 amide bonds. The van der Waals surface area contributed by atoms with Crippen LogP contribution in [-0.4, -0.2) is 11.2 Å². The van der Waals surface area contributed by atoms with Gasteiger partial charge in [-0.3, -0.25) is 0 Å². The van der Waals surface area contributed by atoms with Crippen LogP contribution in [0, 0.1) is 6.92 Å². The number of aromatic nitrogens is 1. The molecular weight excluding hydrogens is 308 g/mol. The molecule has 0 bridgehead atoms. The monoisotopic (exact) mass is 326 g/mol. The number of nitrogens with two attached hydrogens (primary N) is 1. The van der Waals surface area contributed by atoms with Crippen molar-refractivity contribution in [3.05, 3.63) is 59.0 Å². The predicted molar refractivity (Wildman–Crippen MR) is 97.4 cm³/mol. The van der Waals surface area contributed by atoms with Gasteiger partial charge in [-0.15, -0.1) is 23.1 Å². The van der Waals surface area contributed by atoms with E-state index in [0.717, 1.165) is 21.8 Å². The Balaban J connectivity index is 1.95. The number of thioether (sulfide) groups is 1. The number of hydrogen-bond acceptors (Lipinski definition) is 4. The van der Waals surface area contributed by atoms with E-state index in [1.165, 1.54) is 15.3 Å². The van der Waals surface area contributed by atoms with Crippen molar-refractivity contribution in [2.45, 2.75) is 18.4 Å². The van der Waals surface area contributed by atoms with Gasteiger partial charge in [-0.1, -0.05) is 36.4 Å². The smallest absolute Gasteiger partial charge is 0.124 e. The number of nitrogens with zero attached hydrogens (tertiary/aromatic N) is 1. The molecule has 0 radical (unpaired) electrons. The largest absolute Gasteiger partial charge is 0.326 e. The molecule has 22 heavy (non-hydrogen) atoms. The number of benzene rings is 2. The van der Waals surface area contributed by atoms with E-state index in [1.807, 2.05) is 0 Å². The zero-order valence-corrected chi connectivity index (χ0v) is 14.3. The molecule has 0 fully saturated rings. The van der Waals surface area contributed by atoms with Crippen molar-refractivity contribution < 1.29 is 0 Å². The lowest BCUT2D eigenvalue weighted by molar-refractivity contribution is 1.07. The lowest BCUT2D eigenvalue weighted by Gasteiger charge is -2.01. The molecule has 0 aliphatic rings. The van der Waals surface area contributed by atoms with Gasteiger partial charge in [0.25, 0.3) is 0 Å². The number of aryl methyl sites for hydroxylation is 1. The molecule has 0 atom stereocenters. The molecule has 0 unspecified atom stereocenters. The van der Waals surface area contributed by atoms with Gasteiger partial charge in [-0.25, -0.2) is 4.98 Å². The topological polar surface area (TPSA) is 38.9 Å². The van der Waals surface area contributed by atoms with Crippen molar-refractivity contribution in [3.63, 3.8) is 0 Å². The maximum atomic E-state index is 5.65. The average Bonchev–Trinajstić information content (AvgIpc) is 2.97. The van der Waals surface area contributed by atoms with Crippen LogP contribution in [0.4, 0.5) is 0 Å². The van der Waals surface area contributed by atoms with E-state index in [-0.39, 0.29) is 0 Å². The summed E-state index contributed by atoms with van der Waals surface area (Å²) in [7, 11) is 0. The standard InChI is InChI=1S/C18H18N2S2/c1-12-17(14-7-9-16(21-2)10-8-14)20-18(22-12)15-5-3-13(11-19)4-6-15/h3-10H,11,19H2,1-2H3. The summed E-state index contributed by atoms with van der Waals surface area (Å²) in [6.07, 6.45) is 2.09. The second-order valence-corrected chi connectivity index (χ2v) is 7.14. The molecule has 1 aromatic heterocycles. The van der Waals surface area contributed by atoms with Crippen molar-refractivity contribution in [3.8, 4) is 21.8 Å². The zero-order chi connectivity index (χ0) is 15.5. The second-order valence-electron chi connectivity index (χ2n) is 5.05. The third kappa shape index (κ3) is 3.09. The SMILES string of the molecule is CSc1ccc(-c2nc(-c3ccc(CN)cc3)sc2C)cc1. The number of hydrogen-bond donors (Lipinski definition) is 1. The highest BCUT2D eigenvalue weighted by Crippen LogP contribution is 2.33. The minimum Gasteiger partial charge on any atom is -0.326 e. The Bertz CT molecular complexity index is 759. The summed E-state index contributed by atoms with van der Waals surface area (Å²) >= 11 is 3.49. The van der Waals surface area contributed by atoms with Gasteiger partial charge < -0.3 is 5.73 Å². The third-order valence-electron chi connectivity index (χ3n) is 3.60. The zero-order valence-electron chi connectivity index (χ0n) is 12.7. The molecule has 3 rings (SSSR count). The lowest BCUT2D eigenvalue weighted by Crippen LogP contribution is -1.95. The average molecular weight is 326 g/mol. The first-order chi connectivity index (χ1) is 10.7. The van der Waals surface area contributed by atoms with E-state index < -0.39 is 0 Å². The summed E-state index contributed by atoms with van der Waals surface area (Å²) < 4.78 is 0. The summed E-state index contributed by atoms with van der Waals surface area (Å²) in [5, 5.41) is 1.06. The highest BCUT2D eigenvalue weighted by Gasteiger charge is 2.11. The molecule has 112 valence electrons. The molecule has 0 aliphatic heterocycles. The Morgan fingerprint density at radius 1 is 1.00 bits per heavy atom. The first-order valence-corrected chi connectivity index (χ1v) is 9.16. The van der Waals surface area contributed by atoms with Crippen molar-refractivity contribution in [1.29, 1.82) is 0 Å². The Morgan fingerprint density at radius 2 is 1.64 bits per heavy atom. The Morgan fingerprint density at radius 3 is 2.23 bits per heavy atom. The fourth-order valence-electron chi connectivity index (χ4n) is 2.32. The van der Waals surface area contributed by atoms with Gasteiger partial charge in [0, 0.05) is 27.4 Å². The minimum absolute atomic E-state index is 0.574. The molecule has 2 aromatic carbocycles. The molecule has 0 saturated carbocycles. The van der Waals surface area contributed by atoms with E-state index in [2.05, 4.69) is 61.7 Å². The van der Waals surface area contributed by atoms with Gasteiger partial charge >= 0.3 is 0 Å². The molecule has 0 aliphatic carbocycles. The van der Waals surface area contributed by atoms with E-state index in [4.69, 9.17) is 10.7 Å². The maximum absolute atomic E-state index is 5.65. The summed E-state index contributed by atoms with van der Waals surface area (Å²) in [4.78, 5) is 7.36. The van der Waals surface area contributed by atoms with Gasteiger partial charge in [0.2, 0.25) is 0 Å². The molecule has 0 spiro atoms. The highest BCUT2D eigenvalue weighted by molar-refractivity contribution is 7.98. The van der Waals surface area contributed by atoms with Crippen molar-refractivity contribution >= 4 is 23.1 Å². The fraction of sp³-hybridized carbons (Fsp3) is 0.167. The van der Waals surface area contributed by atoms with Crippen LogP contribution in [0.1, 0.15) is 10.4 Å². The third-order valence-corrected chi connectivity index (χ3v) is 5.36. The fourth-order valence-corrected chi connectivity index (χ4v) is 3.67. The van der Waals surface area contributed by atoms with Crippen LogP contribution >= 0.6 is 23.1 Å². The lowest BCUT2D eigenvalue weighted by atomic mass is 10.1. The highest BCUT2D eigenvalue weighted by atomic mass is 32.2. The van der Waals surface area contributed by atoms with Crippen molar-refractivity contribution in [2.24, 2.45) is 5.73 Å². The normalized spacial score (nSPS) is 10.9. The summed E-state index contributed by atoms with van der Waals surface area (Å²) in [6.45, 7) is 2.71. The maximum Gasteiger partial charge on any atom is 0.124 e. The van der Waals surface area contributed by atoms with Crippen LogP contribution < -0.4 is 5.73 Å². The minimum atomic E-state index is 0.574. The van der Waals surface area contributed by atoms with E-state index in [1.54, 1.807) is 23.1 Å². The molecule has 1 heterocycles. The van der Waals surface area contributed by atoms with Crippen LogP contribution in [0.3, 0.4) is 0 Å². The van der Waals surface area contributed by atoms with E-state index >= 15 is 0 Å². The van der Waals surface area contributed by atoms with Crippen LogP contribution in [0.5, 0.6) is 0 Å². The van der Waals surface area contributed by atoms with Crippen LogP contribution in [-0.2, 0) is 6.54 Å². The molecule has 2 nitrogen and oxygen atoms in total. The van der Waals surface area contributed by atoms with Crippen LogP contribution in [0.15, 0.2) is 53.4 Å². The van der Waals surface area contributed by atoms with Gasteiger partial charge in [-0.05, 0) is 30.9 Å². The summed E-state index contributed by atoms with van der Waals surface area (Å²) in [6, 6.07) is 16.9. The van der Waals surface area contributed by atoms with E-state index in [0.29, 0.717) is 6.54 Å². The quantitative estimate of drug-likeness (QED) is 0.688. The molecule has 3 aromatic rings. The Hall–Kier alpha value is -1.62. The number of rotatable bonds is 4. The van der Waals surface area contributed by atoms with Gasteiger partial charge in [-0.2, -0.15) is 0 Å². The van der Waals surface area contributed by atoms with Crippen molar-refractivity contribution in [1.82, 2.24) is 4.98 Å². The van der Waals surface area contributed by atoms with Gasteiger partial charge in [0.05, 0.1) is 5.69 Å². The summed E-state index contributed by atoms with van der Waals surface area (Å²) in [5.41, 5.74) is 10.2. The summed E-state index contributed by atoms with van der Waals surface area (Å²) in [5.74, 6) is 0. The first-order valence-electron chi connectivity index (χ1n) is 7.12. The van der Waals surface area contributed by atoms with E-state index in [9.17, 15) is 0 Å². The second kappa shape index (κ2) is 6.65. The first kappa shape index (κ1) is 15.3. The Labute approximate surface area is 139 Å². The van der Waals surface area contributed by atoms with Crippen LogP contribution in [0.2, 0.25) is 0 Å². The Kier molecular flexibility index (Phi) is 4.62. The molecule has 0 saturated heterocycles. The molecular formula is C18H18N2S2. The number of thiazole rings is 1. The van der Waals surface area contributed by atoms with Gasteiger partial charge in [0.1, 0.15) is 5.01 Å². The molecule has 4 heteroatoms. The van der Waals surface area contributed by atoms with Gasteiger partial charge in [0.15, 0.2) is 0 Å². The van der Waals surface area contributed by atoms with Crippen LogP contribution in [0.25, 0.3) is 21.8 Å².